The van der Waals surface area contributed by atoms with E-state index < -0.39 is 6.10 Å². The lowest BCUT2D eigenvalue weighted by Crippen LogP contribution is -2.45. The fraction of sp³-hybridized carbons (Fsp3) is 0.538. The van der Waals surface area contributed by atoms with Crippen LogP contribution in [0.25, 0.3) is 0 Å². The molecule has 17 heavy (non-hydrogen) atoms. The third kappa shape index (κ3) is 3.68. The first kappa shape index (κ1) is 13.9. The molecule has 0 radical (unpaired) electrons. The van der Waals surface area contributed by atoms with Crippen LogP contribution in [0.2, 0.25) is 0 Å². The first-order valence-corrected chi connectivity index (χ1v) is 5.75. The maximum Gasteiger partial charge on any atom is 0.137 e. The Balaban J connectivity index is 2.77. The normalized spacial score (nSPS) is 14.8. The van der Waals surface area contributed by atoms with Crippen LogP contribution in [0.5, 0.6) is 5.75 Å². The number of hydrogen-bond acceptors (Lipinski definition) is 3. The molecule has 0 heterocycles. The van der Waals surface area contributed by atoms with Gasteiger partial charge in [0.05, 0.1) is 6.61 Å². The molecule has 1 aromatic rings. The summed E-state index contributed by atoms with van der Waals surface area (Å²) in [7, 11) is 0. The lowest BCUT2D eigenvalue weighted by molar-refractivity contribution is 0.0808. The SMILES string of the molecule is Cc1ccc(OC(CO)C(N)C(C)C)cc1F. The highest BCUT2D eigenvalue weighted by Gasteiger charge is 2.22. The molecule has 0 spiro atoms. The summed E-state index contributed by atoms with van der Waals surface area (Å²) in [5.41, 5.74) is 6.47. The largest absolute Gasteiger partial charge is 0.486 e. The maximum atomic E-state index is 13.3. The Morgan fingerprint density at radius 1 is 1.41 bits per heavy atom. The Kier molecular flexibility index (Phi) is 4.90. The topological polar surface area (TPSA) is 55.5 Å². The van der Waals surface area contributed by atoms with Gasteiger partial charge in [0.1, 0.15) is 17.7 Å². The lowest BCUT2D eigenvalue weighted by atomic mass is 10.00. The van der Waals surface area contributed by atoms with Crippen molar-refractivity contribution < 1.29 is 14.2 Å². The molecule has 0 saturated carbocycles. The van der Waals surface area contributed by atoms with Crippen LogP contribution < -0.4 is 10.5 Å². The molecular weight excluding hydrogens is 221 g/mol. The molecule has 0 aliphatic carbocycles. The van der Waals surface area contributed by atoms with Crippen LogP contribution in [0.4, 0.5) is 4.39 Å². The maximum absolute atomic E-state index is 13.3. The minimum Gasteiger partial charge on any atom is -0.486 e. The molecule has 96 valence electrons. The highest BCUT2D eigenvalue weighted by molar-refractivity contribution is 5.28. The van der Waals surface area contributed by atoms with E-state index in [0.29, 0.717) is 11.3 Å². The van der Waals surface area contributed by atoms with Crippen molar-refractivity contribution in [1.29, 1.82) is 0 Å². The highest BCUT2D eigenvalue weighted by Crippen LogP contribution is 2.19. The lowest BCUT2D eigenvalue weighted by Gasteiger charge is -2.26. The van der Waals surface area contributed by atoms with Gasteiger partial charge in [-0.25, -0.2) is 4.39 Å². The fourth-order valence-electron chi connectivity index (χ4n) is 1.49. The van der Waals surface area contributed by atoms with Crippen LogP contribution in [-0.2, 0) is 0 Å². The predicted molar refractivity (Wildman–Crippen MR) is 65.5 cm³/mol. The van der Waals surface area contributed by atoms with E-state index >= 15 is 0 Å². The zero-order valence-corrected chi connectivity index (χ0v) is 10.5. The molecule has 0 saturated heterocycles. The molecule has 2 atom stereocenters. The standard InChI is InChI=1S/C13H20FNO2/c1-8(2)13(15)12(7-16)17-10-5-4-9(3)11(14)6-10/h4-6,8,12-13,16H,7,15H2,1-3H3. The highest BCUT2D eigenvalue weighted by atomic mass is 19.1. The molecular formula is C13H20FNO2. The molecule has 0 aliphatic heterocycles. The van der Waals surface area contributed by atoms with E-state index in [1.807, 2.05) is 13.8 Å². The monoisotopic (exact) mass is 241 g/mol. The number of rotatable bonds is 5. The summed E-state index contributed by atoms with van der Waals surface area (Å²) < 4.78 is 18.8. The first-order valence-electron chi connectivity index (χ1n) is 5.75. The van der Waals surface area contributed by atoms with Crippen molar-refractivity contribution in [3.63, 3.8) is 0 Å². The quantitative estimate of drug-likeness (QED) is 0.827. The summed E-state index contributed by atoms with van der Waals surface area (Å²) in [5.74, 6) is 0.253. The zero-order valence-electron chi connectivity index (χ0n) is 10.5. The van der Waals surface area contributed by atoms with E-state index in [2.05, 4.69) is 0 Å². The van der Waals surface area contributed by atoms with Crippen molar-refractivity contribution in [2.45, 2.75) is 32.9 Å². The summed E-state index contributed by atoms with van der Waals surface area (Å²) in [6, 6.07) is 4.34. The van der Waals surface area contributed by atoms with Crippen LogP contribution in [0, 0.1) is 18.7 Å². The number of aryl methyl sites for hydroxylation is 1. The van der Waals surface area contributed by atoms with Crippen molar-refractivity contribution in [2.75, 3.05) is 6.61 Å². The molecule has 1 aromatic carbocycles. The van der Waals surface area contributed by atoms with E-state index in [9.17, 15) is 9.50 Å². The summed E-state index contributed by atoms with van der Waals surface area (Å²) in [6.45, 7) is 5.40. The van der Waals surface area contributed by atoms with E-state index in [0.717, 1.165) is 0 Å². The van der Waals surface area contributed by atoms with Crippen molar-refractivity contribution in [3.05, 3.63) is 29.6 Å². The third-order valence-electron chi connectivity index (χ3n) is 2.81. The average molecular weight is 241 g/mol. The number of nitrogens with two attached hydrogens (primary N) is 1. The smallest absolute Gasteiger partial charge is 0.137 e. The fourth-order valence-corrected chi connectivity index (χ4v) is 1.49. The summed E-state index contributed by atoms with van der Waals surface area (Å²) in [6.07, 6.45) is -0.517. The van der Waals surface area contributed by atoms with Crippen molar-refractivity contribution in [1.82, 2.24) is 0 Å². The van der Waals surface area contributed by atoms with Gasteiger partial charge >= 0.3 is 0 Å². The van der Waals surface area contributed by atoms with E-state index in [1.165, 1.54) is 6.07 Å². The number of benzene rings is 1. The van der Waals surface area contributed by atoms with Gasteiger partial charge in [-0.3, -0.25) is 0 Å². The van der Waals surface area contributed by atoms with Gasteiger partial charge in [0.2, 0.25) is 0 Å². The van der Waals surface area contributed by atoms with Crippen LogP contribution >= 0.6 is 0 Å². The van der Waals surface area contributed by atoms with Crippen molar-refractivity contribution in [3.8, 4) is 5.75 Å². The molecule has 0 amide bonds. The van der Waals surface area contributed by atoms with Gasteiger partial charge in [0.25, 0.3) is 0 Å². The number of aliphatic hydroxyl groups is 1. The van der Waals surface area contributed by atoms with Crippen LogP contribution in [0.1, 0.15) is 19.4 Å². The van der Waals surface area contributed by atoms with Gasteiger partial charge in [0.15, 0.2) is 0 Å². The van der Waals surface area contributed by atoms with Crippen LogP contribution in [0.15, 0.2) is 18.2 Å². The second kappa shape index (κ2) is 5.98. The molecule has 0 aliphatic rings. The number of aliphatic hydroxyl groups excluding tert-OH is 1. The van der Waals surface area contributed by atoms with Gasteiger partial charge < -0.3 is 15.6 Å². The Labute approximate surface area is 101 Å². The minimum absolute atomic E-state index is 0.183. The van der Waals surface area contributed by atoms with Gasteiger partial charge in [-0.2, -0.15) is 0 Å². The van der Waals surface area contributed by atoms with Gasteiger partial charge in [-0.1, -0.05) is 19.9 Å². The average Bonchev–Trinajstić information content (AvgIpc) is 2.29. The van der Waals surface area contributed by atoms with E-state index in [1.54, 1.807) is 19.1 Å². The Morgan fingerprint density at radius 3 is 2.53 bits per heavy atom. The third-order valence-corrected chi connectivity index (χ3v) is 2.81. The van der Waals surface area contributed by atoms with E-state index in [4.69, 9.17) is 10.5 Å². The van der Waals surface area contributed by atoms with Gasteiger partial charge in [-0.15, -0.1) is 0 Å². The molecule has 3 nitrogen and oxygen atoms in total. The molecule has 4 heteroatoms. The predicted octanol–water partition coefficient (Wildman–Crippen LogP) is 1.86. The Morgan fingerprint density at radius 2 is 2.06 bits per heavy atom. The summed E-state index contributed by atoms with van der Waals surface area (Å²) >= 11 is 0. The summed E-state index contributed by atoms with van der Waals surface area (Å²) in [5, 5.41) is 9.23. The molecule has 0 fully saturated rings. The zero-order chi connectivity index (χ0) is 13.0. The van der Waals surface area contributed by atoms with Gasteiger partial charge in [0, 0.05) is 12.1 Å². The minimum atomic E-state index is -0.517. The molecule has 0 aromatic heterocycles. The molecule has 3 N–H and O–H groups in total. The van der Waals surface area contributed by atoms with Crippen molar-refractivity contribution in [2.24, 2.45) is 11.7 Å². The number of ether oxygens (including phenoxy) is 1. The summed E-state index contributed by atoms with van der Waals surface area (Å²) in [4.78, 5) is 0. The number of hydrogen-bond donors (Lipinski definition) is 2. The Hall–Kier alpha value is -1.13. The first-order chi connectivity index (χ1) is 7.95. The molecule has 1 rings (SSSR count). The Bertz CT molecular complexity index is 368. The molecule has 2 unspecified atom stereocenters. The van der Waals surface area contributed by atoms with Gasteiger partial charge in [-0.05, 0) is 24.5 Å². The second-order valence-electron chi connectivity index (χ2n) is 4.57. The molecule has 0 bridgehead atoms. The number of halogens is 1. The van der Waals surface area contributed by atoms with Crippen LogP contribution in [0.3, 0.4) is 0 Å². The van der Waals surface area contributed by atoms with Crippen LogP contribution in [-0.4, -0.2) is 23.9 Å². The van der Waals surface area contributed by atoms with E-state index in [-0.39, 0.29) is 24.4 Å². The second-order valence-corrected chi connectivity index (χ2v) is 4.57. The van der Waals surface area contributed by atoms with Crippen molar-refractivity contribution >= 4 is 0 Å².